The van der Waals surface area contributed by atoms with Gasteiger partial charge in [0.1, 0.15) is 11.6 Å². The van der Waals surface area contributed by atoms with Gasteiger partial charge >= 0.3 is 0 Å². The van der Waals surface area contributed by atoms with E-state index >= 15 is 0 Å². The van der Waals surface area contributed by atoms with E-state index in [2.05, 4.69) is 15.3 Å². The number of nitrogens with zero attached hydrogens (tertiary/aromatic N) is 1. The highest BCUT2D eigenvalue weighted by Gasteiger charge is 2.07. The average Bonchev–Trinajstić information content (AvgIpc) is 2.75. The molecule has 3 aromatic rings. The SMILES string of the molecule is Cc1ccc2nc(Nc3cc(F)ccc3F)[nH]c2c1. The summed E-state index contributed by atoms with van der Waals surface area (Å²) in [6.45, 7) is 1.97. The van der Waals surface area contributed by atoms with Gasteiger partial charge in [-0.3, -0.25) is 0 Å². The first-order valence-electron chi connectivity index (χ1n) is 5.80. The third kappa shape index (κ3) is 2.27. The Bertz CT molecular complexity index is 750. The number of nitrogens with one attached hydrogen (secondary N) is 2. The first kappa shape index (κ1) is 11.6. The Labute approximate surface area is 108 Å². The van der Waals surface area contributed by atoms with Crippen LogP contribution >= 0.6 is 0 Å². The Kier molecular flexibility index (Phi) is 2.67. The zero-order valence-corrected chi connectivity index (χ0v) is 10.2. The number of benzene rings is 2. The molecule has 2 N–H and O–H groups in total. The fourth-order valence-corrected chi connectivity index (χ4v) is 1.90. The predicted molar refractivity (Wildman–Crippen MR) is 70.5 cm³/mol. The quantitative estimate of drug-likeness (QED) is 0.733. The summed E-state index contributed by atoms with van der Waals surface area (Å²) in [5, 5.41) is 2.74. The zero-order valence-electron chi connectivity index (χ0n) is 10.2. The molecule has 0 saturated heterocycles. The molecule has 2 aromatic carbocycles. The van der Waals surface area contributed by atoms with Crippen molar-refractivity contribution in [3.8, 4) is 0 Å². The highest BCUT2D eigenvalue weighted by Crippen LogP contribution is 2.22. The van der Waals surface area contributed by atoms with Gasteiger partial charge < -0.3 is 10.3 Å². The summed E-state index contributed by atoms with van der Waals surface area (Å²) in [5.41, 5.74) is 2.76. The lowest BCUT2D eigenvalue weighted by Crippen LogP contribution is -1.96. The van der Waals surface area contributed by atoms with Crippen LogP contribution in [-0.4, -0.2) is 9.97 Å². The number of aromatic amines is 1. The summed E-state index contributed by atoms with van der Waals surface area (Å²) in [6, 6.07) is 8.99. The summed E-state index contributed by atoms with van der Waals surface area (Å²) in [5.74, 6) is -0.654. The van der Waals surface area contributed by atoms with Crippen LogP contribution in [0.2, 0.25) is 0 Å². The smallest absolute Gasteiger partial charge is 0.205 e. The summed E-state index contributed by atoms with van der Waals surface area (Å²) in [7, 11) is 0. The van der Waals surface area contributed by atoms with Gasteiger partial charge in [0.05, 0.1) is 16.7 Å². The topological polar surface area (TPSA) is 40.7 Å². The van der Waals surface area contributed by atoms with Crippen molar-refractivity contribution in [1.82, 2.24) is 9.97 Å². The van der Waals surface area contributed by atoms with Crippen LogP contribution in [0.4, 0.5) is 20.4 Å². The Morgan fingerprint density at radius 3 is 2.79 bits per heavy atom. The van der Waals surface area contributed by atoms with Crippen molar-refractivity contribution in [3.63, 3.8) is 0 Å². The van der Waals surface area contributed by atoms with Gasteiger partial charge in [0.25, 0.3) is 0 Å². The normalized spacial score (nSPS) is 10.9. The Morgan fingerprint density at radius 1 is 1.11 bits per heavy atom. The molecule has 3 nitrogen and oxygen atoms in total. The molecule has 3 rings (SSSR count). The number of anilines is 2. The number of hydrogen-bond acceptors (Lipinski definition) is 2. The molecule has 0 fully saturated rings. The largest absolute Gasteiger partial charge is 0.324 e. The van der Waals surface area contributed by atoms with Crippen LogP contribution in [0.25, 0.3) is 11.0 Å². The maximum atomic E-state index is 13.5. The summed E-state index contributed by atoms with van der Waals surface area (Å²) in [4.78, 5) is 7.28. The third-order valence-electron chi connectivity index (χ3n) is 2.82. The van der Waals surface area contributed by atoms with E-state index in [0.29, 0.717) is 5.95 Å². The van der Waals surface area contributed by atoms with E-state index in [0.717, 1.165) is 34.8 Å². The second-order valence-electron chi connectivity index (χ2n) is 4.36. The van der Waals surface area contributed by atoms with Crippen molar-refractivity contribution in [2.45, 2.75) is 6.92 Å². The highest BCUT2D eigenvalue weighted by molar-refractivity contribution is 5.79. The maximum Gasteiger partial charge on any atom is 0.205 e. The van der Waals surface area contributed by atoms with Gasteiger partial charge in [0.2, 0.25) is 5.95 Å². The number of halogens is 2. The van der Waals surface area contributed by atoms with Crippen LogP contribution in [0.15, 0.2) is 36.4 Å². The molecule has 0 bridgehead atoms. The molecule has 19 heavy (non-hydrogen) atoms. The number of rotatable bonds is 2. The predicted octanol–water partition coefficient (Wildman–Crippen LogP) is 3.89. The van der Waals surface area contributed by atoms with Gasteiger partial charge in [-0.1, -0.05) is 6.07 Å². The van der Waals surface area contributed by atoms with Gasteiger partial charge in [0.15, 0.2) is 0 Å². The van der Waals surface area contributed by atoms with Crippen molar-refractivity contribution in [2.75, 3.05) is 5.32 Å². The Balaban J connectivity index is 1.98. The standard InChI is InChI=1S/C14H11F2N3/c1-8-2-5-11-13(6-8)19-14(17-11)18-12-7-9(15)3-4-10(12)16/h2-7H,1H3,(H2,17,18,19). The molecule has 0 amide bonds. The summed E-state index contributed by atoms with van der Waals surface area (Å²) in [6.07, 6.45) is 0. The molecule has 0 aliphatic rings. The molecule has 0 atom stereocenters. The van der Waals surface area contributed by atoms with E-state index in [1.165, 1.54) is 0 Å². The highest BCUT2D eigenvalue weighted by atomic mass is 19.1. The van der Waals surface area contributed by atoms with Crippen LogP contribution in [0.5, 0.6) is 0 Å². The van der Waals surface area contributed by atoms with Crippen molar-refractivity contribution in [1.29, 1.82) is 0 Å². The van der Waals surface area contributed by atoms with E-state index in [1.54, 1.807) is 0 Å². The Morgan fingerprint density at radius 2 is 1.95 bits per heavy atom. The first-order valence-corrected chi connectivity index (χ1v) is 5.80. The van der Waals surface area contributed by atoms with E-state index in [9.17, 15) is 8.78 Å². The van der Waals surface area contributed by atoms with Gasteiger partial charge in [0, 0.05) is 6.07 Å². The van der Waals surface area contributed by atoms with Crippen molar-refractivity contribution >= 4 is 22.7 Å². The minimum Gasteiger partial charge on any atom is -0.324 e. The minimum atomic E-state index is -0.530. The summed E-state index contributed by atoms with van der Waals surface area (Å²) < 4.78 is 26.6. The average molecular weight is 259 g/mol. The molecule has 96 valence electrons. The minimum absolute atomic E-state index is 0.0516. The lowest BCUT2D eigenvalue weighted by atomic mass is 10.2. The van der Waals surface area contributed by atoms with Gasteiger partial charge in [-0.25, -0.2) is 13.8 Å². The van der Waals surface area contributed by atoms with Crippen LogP contribution in [0.1, 0.15) is 5.56 Å². The van der Waals surface area contributed by atoms with Crippen LogP contribution in [-0.2, 0) is 0 Å². The van der Waals surface area contributed by atoms with Crippen LogP contribution in [0.3, 0.4) is 0 Å². The number of hydrogen-bond donors (Lipinski definition) is 2. The van der Waals surface area contributed by atoms with E-state index in [-0.39, 0.29) is 5.69 Å². The maximum absolute atomic E-state index is 13.5. The second-order valence-corrected chi connectivity index (χ2v) is 4.36. The van der Waals surface area contributed by atoms with Gasteiger partial charge in [-0.05, 0) is 36.8 Å². The van der Waals surface area contributed by atoms with Crippen molar-refractivity contribution in [2.24, 2.45) is 0 Å². The number of aromatic nitrogens is 2. The first-order chi connectivity index (χ1) is 9.11. The van der Waals surface area contributed by atoms with Crippen LogP contribution < -0.4 is 5.32 Å². The molecule has 0 aliphatic carbocycles. The van der Waals surface area contributed by atoms with Crippen molar-refractivity contribution < 1.29 is 8.78 Å². The molecule has 0 radical (unpaired) electrons. The lowest BCUT2D eigenvalue weighted by molar-refractivity contribution is 0.603. The third-order valence-corrected chi connectivity index (χ3v) is 2.82. The zero-order chi connectivity index (χ0) is 13.4. The number of imidazole rings is 1. The molecular weight excluding hydrogens is 248 g/mol. The molecule has 5 heteroatoms. The lowest BCUT2D eigenvalue weighted by Gasteiger charge is -2.03. The molecule has 0 spiro atoms. The molecule has 0 saturated carbocycles. The number of aryl methyl sites for hydroxylation is 1. The van der Waals surface area contributed by atoms with Crippen molar-refractivity contribution in [3.05, 3.63) is 53.6 Å². The van der Waals surface area contributed by atoms with E-state index < -0.39 is 11.6 Å². The molecule has 0 unspecified atom stereocenters. The summed E-state index contributed by atoms with van der Waals surface area (Å²) >= 11 is 0. The monoisotopic (exact) mass is 259 g/mol. The Hall–Kier alpha value is -2.43. The molecular formula is C14H11F2N3. The fraction of sp³-hybridized carbons (Fsp3) is 0.0714. The number of fused-ring (bicyclic) bond motifs is 1. The van der Waals surface area contributed by atoms with E-state index in [1.807, 2.05) is 25.1 Å². The molecule has 1 heterocycles. The van der Waals surface area contributed by atoms with E-state index in [4.69, 9.17) is 0 Å². The fourth-order valence-electron chi connectivity index (χ4n) is 1.90. The molecule has 0 aliphatic heterocycles. The van der Waals surface area contributed by atoms with Gasteiger partial charge in [-0.15, -0.1) is 0 Å². The second kappa shape index (κ2) is 4.35. The number of H-pyrrole nitrogens is 1. The van der Waals surface area contributed by atoms with Crippen LogP contribution in [0, 0.1) is 18.6 Å². The van der Waals surface area contributed by atoms with Gasteiger partial charge in [-0.2, -0.15) is 0 Å². The molecule has 1 aromatic heterocycles.